The van der Waals surface area contributed by atoms with Crippen molar-refractivity contribution in [3.8, 4) is 5.75 Å². The highest BCUT2D eigenvalue weighted by Gasteiger charge is 2.48. The second kappa shape index (κ2) is 12.5. The SMILES string of the molecule is Cc1cc(CN2CCC[C@@H]2C(O)(c2cccs2)c2cccs2)c(O)c(CN2CCC[C@@H]2C(O)(c2cccs2)c2cccs2)c1. The van der Waals surface area contributed by atoms with Crippen LogP contribution in [0.1, 0.15) is 61.9 Å². The summed E-state index contributed by atoms with van der Waals surface area (Å²) in [6, 6.07) is 20.3. The lowest BCUT2D eigenvalue weighted by atomic mass is 9.88. The van der Waals surface area contributed by atoms with Gasteiger partial charge in [-0.3, -0.25) is 9.80 Å². The van der Waals surface area contributed by atoms with Gasteiger partial charge in [0.2, 0.25) is 0 Å². The molecule has 4 aromatic heterocycles. The molecule has 0 aliphatic carbocycles. The van der Waals surface area contributed by atoms with E-state index in [9.17, 15) is 15.3 Å². The normalized spacial score (nSPS) is 20.2. The maximum absolute atomic E-state index is 12.4. The summed E-state index contributed by atoms with van der Waals surface area (Å²) in [6.45, 7) is 4.98. The zero-order valence-corrected chi connectivity index (χ0v) is 28.0. The Balaban J connectivity index is 1.18. The van der Waals surface area contributed by atoms with Crippen LogP contribution >= 0.6 is 45.3 Å². The van der Waals surface area contributed by atoms with E-state index in [0.717, 1.165) is 75.0 Å². The minimum Gasteiger partial charge on any atom is -0.507 e. The summed E-state index contributed by atoms with van der Waals surface area (Å²) >= 11 is 6.42. The average Bonchev–Trinajstić information content (AvgIpc) is 3.87. The number of hydrogen-bond acceptors (Lipinski definition) is 9. The van der Waals surface area contributed by atoms with E-state index in [-0.39, 0.29) is 12.1 Å². The van der Waals surface area contributed by atoms with Crippen LogP contribution in [0.3, 0.4) is 0 Å². The van der Waals surface area contributed by atoms with Crippen molar-refractivity contribution in [2.75, 3.05) is 13.1 Å². The highest BCUT2D eigenvalue weighted by molar-refractivity contribution is 7.12. The predicted molar refractivity (Wildman–Crippen MR) is 183 cm³/mol. The molecular formula is C35H38N2O3S4. The molecule has 5 aromatic rings. The van der Waals surface area contributed by atoms with E-state index in [0.29, 0.717) is 18.8 Å². The number of aryl methyl sites for hydroxylation is 1. The summed E-state index contributed by atoms with van der Waals surface area (Å²) in [4.78, 5) is 8.60. The molecule has 7 rings (SSSR count). The number of phenolic OH excluding ortho intramolecular Hbond substituents is 1. The van der Waals surface area contributed by atoms with Crippen molar-refractivity contribution < 1.29 is 15.3 Å². The number of aliphatic hydroxyl groups is 2. The Morgan fingerprint density at radius 3 is 1.34 bits per heavy atom. The molecule has 0 amide bonds. The van der Waals surface area contributed by atoms with Gasteiger partial charge in [-0.15, -0.1) is 45.3 Å². The third kappa shape index (κ3) is 5.31. The van der Waals surface area contributed by atoms with Crippen molar-refractivity contribution in [3.05, 3.63) is 118 Å². The number of phenols is 1. The van der Waals surface area contributed by atoms with Crippen LogP contribution in [-0.4, -0.2) is 50.3 Å². The number of thiophene rings is 4. The number of nitrogens with zero attached hydrogens (tertiary/aromatic N) is 2. The fourth-order valence-corrected chi connectivity index (χ4v) is 11.1. The molecule has 0 spiro atoms. The van der Waals surface area contributed by atoms with E-state index in [1.54, 1.807) is 45.3 Å². The fourth-order valence-electron chi connectivity index (χ4n) is 7.47. The monoisotopic (exact) mass is 662 g/mol. The van der Waals surface area contributed by atoms with E-state index in [2.05, 4.69) is 28.9 Å². The Bertz CT molecular complexity index is 1460. The van der Waals surface area contributed by atoms with Crippen LogP contribution in [0, 0.1) is 6.92 Å². The van der Waals surface area contributed by atoms with Crippen LogP contribution in [0.2, 0.25) is 0 Å². The van der Waals surface area contributed by atoms with Gasteiger partial charge in [-0.25, -0.2) is 0 Å². The van der Waals surface area contributed by atoms with Gasteiger partial charge < -0.3 is 15.3 Å². The van der Waals surface area contributed by atoms with Gasteiger partial charge in [0.15, 0.2) is 0 Å². The van der Waals surface area contributed by atoms with Crippen molar-refractivity contribution in [2.45, 2.75) is 69.0 Å². The van der Waals surface area contributed by atoms with Crippen molar-refractivity contribution in [1.82, 2.24) is 9.80 Å². The van der Waals surface area contributed by atoms with Crippen molar-refractivity contribution in [1.29, 1.82) is 0 Å². The number of rotatable bonds is 10. The number of hydrogen-bond donors (Lipinski definition) is 3. The summed E-state index contributed by atoms with van der Waals surface area (Å²) in [5.41, 5.74) is 0.733. The summed E-state index contributed by atoms with van der Waals surface area (Å²) in [5, 5.41) is 44.7. The molecule has 2 atom stereocenters. The van der Waals surface area contributed by atoms with E-state index < -0.39 is 11.2 Å². The van der Waals surface area contributed by atoms with E-state index in [1.807, 2.05) is 70.1 Å². The van der Waals surface area contributed by atoms with Gasteiger partial charge in [0.25, 0.3) is 0 Å². The molecule has 0 unspecified atom stereocenters. The molecule has 0 radical (unpaired) electrons. The van der Waals surface area contributed by atoms with Crippen molar-refractivity contribution >= 4 is 45.3 Å². The second-order valence-electron chi connectivity index (χ2n) is 12.1. The van der Waals surface area contributed by atoms with E-state index in [4.69, 9.17) is 0 Å². The molecule has 44 heavy (non-hydrogen) atoms. The minimum absolute atomic E-state index is 0.0854. The highest BCUT2D eigenvalue weighted by Crippen LogP contribution is 2.46. The summed E-state index contributed by atoms with van der Waals surface area (Å²) in [7, 11) is 0. The molecule has 0 bridgehead atoms. The molecule has 2 saturated heterocycles. The lowest BCUT2D eigenvalue weighted by molar-refractivity contribution is -0.00159. The summed E-state index contributed by atoms with van der Waals surface area (Å²) in [5.74, 6) is 0.332. The molecule has 0 saturated carbocycles. The van der Waals surface area contributed by atoms with Gasteiger partial charge in [-0.05, 0) is 91.5 Å². The molecule has 9 heteroatoms. The van der Waals surface area contributed by atoms with Crippen LogP contribution < -0.4 is 0 Å². The molecule has 230 valence electrons. The van der Waals surface area contributed by atoms with Crippen LogP contribution in [0.25, 0.3) is 0 Å². The van der Waals surface area contributed by atoms with Crippen LogP contribution in [0.5, 0.6) is 5.75 Å². The third-order valence-electron chi connectivity index (χ3n) is 9.44. The van der Waals surface area contributed by atoms with Gasteiger partial charge in [-0.2, -0.15) is 0 Å². The standard InChI is InChI=1S/C35H38N2O3S4/c1-24-20-25(22-36-14-2-8-27(36)34(39,29-10-4-16-41-29)30-11-5-17-42-30)33(38)26(21-24)23-37-15-3-9-28(37)35(40,31-12-6-18-43-31)32-13-7-19-44-32/h4-7,10-13,16-21,27-28,38-40H,2-3,8-9,14-15,22-23H2,1H3/t27-,28-/m1/s1. The molecule has 6 heterocycles. The minimum atomic E-state index is -1.09. The van der Waals surface area contributed by atoms with Gasteiger partial charge in [0.05, 0.1) is 0 Å². The zero-order chi connectivity index (χ0) is 30.3. The van der Waals surface area contributed by atoms with Gasteiger partial charge in [0, 0.05) is 55.8 Å². The zero-order valence-electron chi connectivity index (χ0n) is 24.8. The fraction of sp³-hybridized carbons (Fsp3) is 0.371. The summed E-state index contributed by atoms with van der Waals surface area (Å²) in [6.07, 6.45) is 3.79. The first-order valence-electron chi connectivity index (χ1n) is 15.3. The van der Waals surface area contributed by atoms with Crippen LogP contribution in [0.4, 0.5) is 0 Å². The Labute approximate surface area is 275 Å². The number of benzene rings is 1. The van der Waals surface area contributed by atoms with Gasteiger partial charge in [-0.1, -0.05) is 42.0 Å². The number of likely N-dealkylation sites (tertiary alicyclic amines) is 2. The van der Waals surface area contributed by atoms with Gasteiger partial charge >= 0.3 is 0 Å². The first kappa shape index (κ1) is 30.3. The number of aromatic hydroxyl groups is 1. The van der Waals surface area contributed by atoms with E-state index in [1.165, 1.54) is 0 Å². The molecule has 2 aliphatic rings. The lowest BCUT2D eigenvalue weighted by Crippen LogP contribution is -2.47. The average molecular weight is 663 g/mol. The Hall–Kier alpha value is -2.34. The highest BCUT2D eigenvalue weighted by atomic mass is 32.1. The maximum atomic E-state index is 12.4. The van der Waals surface area contributed by atoms with Crippen molar-refractivity contribution in [3.63, 3.8) is 0 Å². The lowest BCUT2D eigenvalue weighted by Gasteiger charge is -2.39. The smallest absolute Gasteiger partial charge is 0.148 e. The molecule has 3 N–H and O–H groups in total. The second-order valence-corrected chi connectivity index (χ2v) is 15.9. The Morgan fingerprint density at radius 1 is 0.659 bits per heavy atom. The first-order chi connectivity index (χ1) is 21.4. The Kier molecular flexibility index (Phi) is 8.58. The largest absolute Gasteiger partial charge is 0.507 e. The predicted octanol–water partition coefficient (Wildman–Crippen LogP) is 7.75. The molecule has 5 nitrogen and oxygen atoms in total. The van der Waals surface area contributed by atoms with E-state index >= 15 is 0 Å². The molecule has 1 aromatic carbocycles. The molecular weight excluding hydrogens is 625 g/mol. The molecule has 2 fully saturated rings. The Morgan fingerprint density at radius 2 is 1.02 bits per heavy atom. The summed E-state index contributed by atoms with van der Waals surface area (Å²) < 4.78 is 0. The van der Waals surface area contributed by atoms with Crippen molar-refractivity contribution in [2.24, 2.45) is 0 Å². The third-order valence-corrected chi connectivity index (χ3v) is 13.4. The van der Waals surface area contributed by atoms with Crippen LogP contribution in [0.15, 0.2) is 82.2 Å². The quantitative estimate of drug-likeness (QED) is 0.143. The first-order valence-corrected chi connectivity index (χ1v) is 18.8. The molecule has 2 aliphatic heterocycles. The maximum Gasteiger partial charge on any atom is 0.148 e. The topological polar surface area (TPSA) is 67.2 Å². The van der Waals surface area contributed by atoms with Gasteiger partial charge in [0.1, 0.15) is 17.0 Å². The van der Waals surface area contributed by atoms with Crippen LogP contribution in [-0.2, 0) is 24.3 Å².